The molecule has 0 unspecified atom stereocenters. The average molecular weight is 368 g/mol. The van der Waals surface area contributed by atoms with Gasteiger partial charge >= 0.3 is 0 Å². The van der Waals surface area contributed by atoms with Crippen molar-refractivity contribution in [1.82, 2.24) is 4.98 Å². The number of nitrogens with two attached hydrogens (primary N) is 2. The van der Waals surface area contributed by atoms with Crippen LogP contribution in [0.1, 0.15) is 11.1 Å². The predicted octanol–water partition coefficient (Wildman–Crippen LogP) is 4.91. The fourth-order valence-corrected chi connectivity index (χ4v) is 2.63. The first kappa shape index (κ1) is 17.7. The number of pyridine rings is 1. The average Bonchev–Trinajstić information content (AvgIpc) is 2.62. The van der Waals surface area contributed by atoms with Crippen LogP contribution in [-0.2, 0) is 6.42 Å². The number of aromatic nitrogens is 1. The van der Waals surface area contributed by atoms with E-state index >= 15 is 0 Å². The molecule has 0 saturated carbocycles. The molecular weight excluding hydrogens is 350 g/mol. The molecule has 0 spiro atoms. The van der Waals surface area contributed by atoms with Crippen molar-refractivity contribution in [2.45, 2.75) is 6.42 Å². The maximum Gasteiger partial charge on any atom is 0.154 e. The second-order valence-corrected chi connectivity index (χ2v) is 6.08. The van der Waals surface area contributed by atoms with Gasteiger partial charge in [-0.25, -0.2) is 4.98 Å². The van der Waals surface area contributed by atoms with Gasteiger partial charge in [-0.15, -0.1) is 5.11 Å². The molecule has 1 aromatic heterocycles. The minimum Gasteiger partial charge on any atom is -0.497 e. The Morgan fingerprint density at radius 2 is 1.81 bits per heavy atom. The number of halogens is 1. The van der Waals surface area contributed by atoms with E-state index in [1.807, 2.05) is 24.3 Å². The second-order valence-electron chi connectivity index (χ2n) is 5.64. The van der Waals surface area contributed by atoms with E-state index in [4.69, 9.17) is 27.8 Å². The number of methoxy groups -OCH3 is 1. The number of benzene rings is 2. The van der Waals surface area contributed by atoms with Gasteiger partial charge in [-0.1, -0.05) is 23.7 Å². The molecule has 6 nitrogen and oxygen atoms in total. The molecular formula is C19H18ClN5O. The third kappa shape index (κ3) is 4.29. The van der Waals surface area contributed by atoms with Crippen molar-refractivity contribution < 1.29 is 4.74 Å². The van der Waals surface area contributed by atoms with E-state index in [0.717, 1.165) is 16.9 Å². The minimum absolute atomic E-state index is 0.237. The molecule has 4 N–H and O–H groups in total. The Kier molecular flexibility index (Phi) is 5.34. The Bertz CT molecular complexity index is 941. The first-order valence-corrected chi connectivity index (χ1v) is 8.28. The quantitative estimate of drug-likeness (QED) is 0.625. The van der Waals surface area contributed by atoms with Crippen LogP contribution in [0.5, 0.6) is 5.75 Å². The molecule has 0 saturated heterocycles. The standard InChI is InChI=1S/C19H18ClN5O/c1-26-16-4-2-3-12(10-16)9-13-11-17(21)23-19(22)18(13)25-24-15-7-5-14(20)6-8-15/h2-8,10-11H,9H2,1H3,(H4,21,22,23)/b25-24+. The Morgan fingerprint density at radius 1 is 1.04 bits per heavy atom. The summed E-state index contributed by atoms with van der Waals surface area (Å²) in [5, 5.41) is 9.15. The number of hydrogen-bond acceptors (Lipinski definition) is 6. The molecule has 3 aromatic rings. The van der Waals surface area contributed by atoms with E-state index in [0.29, 0.717) is 28.6 Å². The number of ether oxygens (including phenoxy) is 1. The number of nitrogen functional groups attached to an aromatic ring is 2. The normalized spacial score (nSPS) is 11.0. The topological polar surface area (TPSA) is 98.9 Å². The molecule has 0 amide bonds. The second kappa shape index (κ2) is 7.84. The first-order valence-electron chi connectivity index (χ1n) is 7.90. The maximum absolute atomic E-state index is 6.03. The van der Waals surface area contributed by atoms with Crippen LogP contribution in [-0.4, -0.2) is 12.1 Å². The number of nitrogens with zero attached hydrogens (tertiary/aromatic N) is 3. The predicted molar refractivity (Wildman–Crippen MR) is 104 cm³/mol. The molecule has 0 aliphatic rings. The lowest BCUT2D eigenvalue weighted by molar-refractivity contribution is 0.414. The highest BCUT2D eigenvalue weighted by Gasteiger charge is 2.11. The lowest BCUT2D eigenvalue weighted by atomic mass is 10.0. The van der Waals surface area contributed by atoms with Crippen LogP contribution in [0.4, 0.5) is 23.0 Å². The van der Waals surface area contributed by atoms with Gasteiger partial charge in [-0.2, -0.15) is 5.11 Å². The summed E-state index contributed by atoms with van der Waals surface area (Å²) in [7, 11) is 1.63. The zero-order chi connectivity index (χ0) is 18.5. The largest absolute Gasteiger partial charge is 0.497 e. The van der Waals surface area contributed by atoms with E-state index in [1.54, 1.807) is 37.4 Å². The van der Waals surface area contributed by atoms with Crippen LogP contribution in [0.2, 0.25) is 5.02 Å². The van der Waals surface area contributed by atoms with Gasteiger partial charge in [0.2, 0.25) is 0 Å². The number of rotatable bonds is 5. The van der Waals surface area contributed by atoms with Crippen molar-refractivity contribution in [2.24, 2.45) is 10.2 Å². The number of anilines is 2. The highest BCUT2D eigenvalue weighted by molar-refractivity contribution is 6.30. The summed E-state index contributed by atoms with van der Waals surface area (Å²) in [6, 6.07) is 16.6. The smallest absolute Gasteiger partial charge is 0.154 e. The van der Waals surface area contributed by atoms with Gasteiger partial charge in [0.15, 0.2) is 5.82 Å². The van der Waals surface area contributed by atoms with Gasteiger partial charge in [0.1, 0.15) is 17.3 Å². The molecule has 0 radical (unpaired) electrons. The van der Waals surface area contributed by atoms with Crippen molar-refractivity contribution in [3.05, 3.63) is 70.7 Å². The summed E-state index contributed by atoms with van der Waals surface area (Å²) in [6.45, 7) is 0. The Morgan fingerprint density at radius 3 is 2.54 bits per heavy atom. The Balaban J connectivity index is 1.95. The summed E-state index contributed by atoms with van der Waals surface area (Å²) in [5.41, 5.74) is 14.9. The highest BCUT2D eigenvalue weighted by atomic mass is 35.5. The summed E-state index contributed by atoms with van der Waals surface area (Å²) < 4.78 is 5.27. The summed E-state index contributed by atoms with van der Waals surface area (Å²) in [6.07, 6.45) is 0.573. The maximum atomic E-state index is 6.03. The van der Waals surface area contributed by atoms with Gasteiger partial charge < -0.3 is 16.2 Å². The van der Waals surface area contributed by atoms with Gasteiger partial charge in [0.05, 0.1) is 12.8 Å². The minimum atomic E-state index is 0.237. The van der Waals surface area contributed by atoms with Crippen molar-refractivity contribution in [2.75, 3.05) is 18.6 Å². The lowest BCUT2D eigenvalue weighted by Crippen LogP contribution is -2.00. The number of hydrogen-bond donors (Lipinski definition) is 2. The molecule has 0 fully saturated rings. The van der Waals surface area contributed by atoms with Crippen LogP contribution in [0.15, 0.2) is 64.8 Å². The number of azo groups is 1. The molecule has 0 atom stereocenters. The van der Waals surface area contributed by atoms with Crippen molar-refractivity contribution in [1.29, 1.82) is 0 Å². The van der Waals surface area contributed by atoms with Crippen LogP contribution >= 0.6 is 11.6 Å². The summed E-state index contributed by atoms with van der Waals surface area (Å²) in [4.78, 5) is 4.09. The Hall–Kier alpha value is -3.12. The summed E-state index contributed by atoms with van der Waals surface area (Å²) in [5.74, 6) is 1.35. The molecule has 0 bridgehead atoms. The van der Waals surface area contributed by atoms with E-state index in [1.165, 1.54) is 0 Å². The zero-order valence-electron chi connectivity index (χ0n) is 14.2. The van der Waals surface area contributed by atoms with E-state index in [9.17, 15) is 0 Å². The molecule has 0 aliphatic carbocycles. The van der Waals surface area contributed by atoms with Gasteiger partial charge in [-0.05, 0) is 53.6 Å². The Labute approximate surface area is 156 Å². The highest BCUT2D eigenvalue weighted by Crippen LogP contribution is 2.31. The van der Waals surface area contributed by atoms with Gasteiger partial charge in [-0.3, -0.25) is 0 Å². The van der Waals surface area contributed by atoms with E-state index < -0.39 is 0 Å². The molecule has 0 aliphatic heterocycles. The SMILES string of the molecule is COc1cccc(Cc2cc(N)nc(N)c2/N=N/c2ccc(Cl)cc2)c1. The fraction of sp³-hybridized carbons (Fsp3) is 0.105. The van der Waals surface area contributed by atoms with Crippen LogP contribution in [0.3, 0.4) is 0 Å². The third-order valence-corrected chi connectivity index (χ3v) is 3.99. The molecule has 26 heavy (non-hydrogen) atoms. The molecule has 2 aromatic carbocycles. The molecule has 1 heterocycles. The van der Waals surface area contributed by atoms with E-state index in [2.05, 4.69) is 15.2 Å². The van der Waals surface area contributed by atoms with Crippen LogP contribution < -0.4 is 16.2 Å². The van der Waals surface area contributed by atoms with E-state index in [-0.39, 0.29) is 5.82 Å². The molecule has 132 valence electrons. The first-order chi connectivity index (χ1) is 12.5. The lowest BCUT2D eigenvalue weighted by Gasteiger charge is -2.10. The monoisotopic (exact) mass is 367 g/mol. The fourth-order valence-electron chi connectivity index (χ4n) is 2.50. The van der Waals surface area contributed by atoms with Crippen molar-refractivity contribution in [3.8, 4) is 5.75 Å². The molecule has 7 heteroatoms. The van der Waals surface area contributed by atoms with Crippen molar-refractivity contribution >= 4 is 34.6 Å². The third-order valence-electron chi connectivity index (χ3n) is 3.74. The van der Waals surface area contributed by atoms with Crippen LogP contribution in [0, 0.1) is 0 Å². The van der Waals surface area contributed by atoms with Crippen molar-refractivity contribution in [3.63, 3.8) is 0 Å². The molecule has 3 rings (SSSR count). The summed E-state index contributed by atoms with van der Waals surface area (Å²) >= 11 is 5.89. The zero-order valence-corrected chi connectivity index (χ0v) is 14.9. The van der Waals surface area contributed by atoms with Crippen LogP contribution in [0.25, 0.3) is 0 Å². The van der Waals surface area contributed by atoms with Gasteiger partial charge in [0, 0.05) is 11.4 Å². The van der Waals surface area contributed by atoms with Gasteiger partial charge in [0.25, 0.3) is 0 Å².